The lowest BCUT2D eigenvalue weighted by Crippen LogP contribution is -1.96. The SMILES string of the molecule is COc1cc(O)ccc1CCCc1ccc(O)cc1OC. The van der Waals surface area contributed by atoms with E-state index in [0.29, 0.717) is 11.5 Å². The van der Waals surface area contributed by atoms with E-state index in [-0.39, 0.29) is 11.5 Å². The summed E-state index contributed by atoms with van der Waals surface area (Å²) in [5, 5.41) is 18.9. The van der Waals surface area contributed by atoms with Crippen LogP contribution < -0.4 is 9.47 Å². The van der Waals surface area contributed by atoms with Crippen LogP contribution in [0.25, 0.3) is 0 Å². The normalized spacial score (nSPS) is 10.4. The number of benzene rings is 2. The van der Waals surface area contributed by atoms with Gasteiger partial charge >= 0.3 is 0 Å². The van der Waals surface area contributed by atoms with E-state index >= 15 is 0 Å². The van der Waals surface area contributed by atoms with Crippen LogP contribution in [0.2, 0.25) is 0 Å². The molecule has 0 aliphatic heterocycles. The van der Waals surface area contributed by atoms with Gasteiger partial charge in [-0.05, 0) is 42.5 Å². The first-order valence-corrected chi connectivity index (χ1v) is 6.86. The van der Waals surface area contributed by atoms with Gasteiger partial charge in [-0.1, -0.05) is 12.1 Å². The summed E-state index contributed by atoms with van der Waals surface area (Å²) in [4.78, 5) is 0. The van der Waals surface area contributed by atoms with Crippen LogP contribution in [0.1, 0.15) is 17.5 Å². The number of aromatic hydroxyl groups is 2. The Hall–Kier alpha value is -2.36. The molecule has 0 bridgehead atoms. The van der Waals surface area contributed by atoms with Crippen molar-refractivity contribution in [2.24, 2.45) is 0 Å². The van der Waals surface area contributed by atoms with Gasteiger partial charge in [0.2, 0.25) is 0 Å². The van der Waals surface area contributed by atoms with E-state index in [0.717, 1.165) is 30.4 Å². The van der Waals surface area contributed by atoms with Gasteiger partial charge in [-0.25, -0.2) is 0 Å². The Morgan fingerprint density at radius 1 is 0.762 bits per heavy atom. The Labute approximate surface area is 124 Å². The van der Waals surface area contributed by atoms with Crippen molar-refractivity contribution in [3.8, 4) is 23.0 Å². The Morgan fingerprint density at radius 3 is 1.57 bits per heavy atom. The molecule has 0 fully saturated rings. The zero-order valence-corrected chi connectivity index (χ0v) is 12.3. The molecule has 0 heterocycles. The molecular formula is C17H20O4. The number of ether oxygens (including phenoxy) is 2. The maximum absolute atomic E-state index is 9.45. The highest BCUT2D eigenvalue weighted by atomic mass is 16.5. The summed E-state index contributed by atoms with van der Waals surface area (Å²) in [6.07, 6.45) is 2.60. The summed E-state index contributed by atoms with van der Waals surface area (Å²) in [5.41, 5.74) is 2.13. The van der Waals surface area contributed by atoms with Crippen LogP contribution in [-0.4, -0.2) is 24.4 Å². The summed E-state index contributed by atoms with van der Waals surface area (Å²) in [7, 11) is 3.20. The fourth-order valence-corrected chi connectivity index (χ4v) is 2.35. The quantitative estimate of drug-likeness (QED) is 0.856. The minimum atomic E-state index is 0.204. The van der Waals surface area contributed by atoms with Crippen molar-refractivity contribution in [1.82, 2.24) is 0 Å². The fourth-order valence-electron chi connectivity index (χ4n) is 2.35. The largest absolute Gasteiger partial charge is 0.508 e. The Bertz CT molecular complexity index is 554. The van der Waals surface area contributed by atoms with E-state index in [9.17, 15) is 10.2 Å². The number of hydrogen-bond donors (Lipinski definition) is 2. The number of phenols is 2. The third kappa shape index (κ3) is 3.81. The zero-order valence-electron chi connectivity index (χ0n) is 12.3. The van der Waals surface area contributed by atoms with E-state index in [1.165, 1.54) is 0 Å². The molecule has 0 unspecified atom stereocenters. The molecule has 0 aromatic heterocycles. The number of phenolic OH excluding ortho intramolecular Hbond substituents is 2. The number of rotatable bonds is 6. The van der Waals surface area contributed by atoms with E-state index in [2.05, 4.69) is 0 Å². The molecule has 0 radical (unpaired) electrons. The van der Waals surface area contributed by atoms with E-state index in [4.69, 9.17) is 9.47 Å². The van der Waals surface area contributed by atoms with Gasteiger partial charge in [-0.2, -0.15) is 0 Å². The monoisotopic (exact) mass is 288 g/mol. The molecule has 0 spiro atoms. The molecule has 0 amide bonds. The number of methoxy groups -OCH3 is 2. The lowest BCUT2D eigenvalue weighted by atomic mass is 10.0. The van der Waals surface area contributed by atoms with Crippen LogP contribution in [0.15, 0.2) is 36.4 Å². The van der Waals surface area contributed by atoms with Crippen molar-refractivity contribution >= 4 is 0 Å². The van der Waals surface area contributed by atoms with Crippen molar-refractivity contribution in [3.05, 3.63) is 47.5 Å². The molecule has 0 aliphatic carbocycles. The maximum atomic E-state index is 9.45. The average molecular weight is 288 g/mol. The second-order valence-corrected chi connectivity index (χ2v) is 4.85. The third-order valence-corrected chi connectivity index (χ3v) is 3.43. The third-order valence-electron chi connectivity index (χ3n) is 3.43. The minimum absolute atomic E-state index is 0.204. The summed E-state index contributed by atoms with van der Waals surface area (Å²) in [6.45, 7) is 0. The molecule has 2 aromatic carbocycles. The van der Waals surface area contributed by atoms with Gasteiger partial charge < -0.3 is 19.7 Å². The van der Waals surface area contributed by atoms with Crippen LogP contribution >= 0.6 is 0 Å². The molecule has 0 atom stereocenters. The Balaban J connectivity index is 2.02. The molecule has 2 aromatic rings. The lowest BCUT2D eigenvalue weighted by molar-refractivity contribution is 0.400. The van der Waals surface area contributed by atoms with Crippen molar-refractivity contribution in [2.45, 2.75) is 19.3 Å². The van der Waals surface area contributed by atoms with Gasteiger partial charge in [0.1, 0.15) is 23.0 Å². The molecule has 0 saturated carbocycles. The molecular weight excluding hydrogens is 268 g/mol. The predicted octanol–water partition coefficient (Wildman–Crippen LogP) is 3.29. The zero-order chi connectivity index (χ0) is 15.2. The van der Waals surface area contributed by atoms with Crippen LogP contribution in [0.3, 0.4) is 0 Å². The number of aryl methyl sites for hydroxylation is 2. The topological polar surface area (TPSA) is 58.9 Å². The van der Waals surface area contributed by atoms with Crippen LogP contribution in [0.5, 0.6) is 23.0 Å². The van der Waals surface area contributed by atoms with E-state index in [1.54, 1.807) is 38.5 Å². The van der Waals surface area contributed by atoms with Gasteiger partial charge in [0.15, 0.2) is 0 Å². The average Bonchev–Trinajstić information content (AvgIpc) is 2.49. The summed E-state index contributed by atoms with van der Waals surface area (Å²) in [6, 6.07) is 10.3. The first-order valence-electron chi connectivity index (χ1n) is 6.86. The van der Waals surface area contributed by atoms with Crippen molar-refractivity contribution in [1.29, 1.82) is 0 Å². The molecule has 4 heteroatoms. The van der Waals surface area contributed by atoms with E-state index in [1.807, 2.05) is 12.1 Å². The van der Waals surface area contributed by atoms with Crippen molar-refractivity contribution in [2.75, 3.05) is 14.2 Å². The Kier molecular flexibility index (Phi) is 4.93. The van der Waals surface area contributed by atoms with Crippen molar-refractivity contribution in [3.63, 3.8) is 0 Å². The molecule has 2 rings (SSSR count). The number of hydrogen-bond acceptors (Lipinski definition) is 4. The Morgan fingerprint density at radius 2 is 1.19 bits per heavy atom. The predicted molar refractivity (Wildman–Crippen MR) is 81.3 cm³/mol. The van der Waals surface area contributed by atoms with Crippen LogP contribution in [-0.2, 0) is 12.8 Å². The highest BCUT2D eigenvalue weighted by Crippen LogP contribution is 2.28. The molecule has 2 N–H and O–H groups in total. The smallest absolute Gasteiger partial charge is 0.125 e. The molecule has 0 aliphatic rings. The summed E-state index contributed by atoms with van der Waals surface area (Å²) in [5.74, 6) is 1.81. The van der Waals surface area contributed by atoms with Gasteiger partial charge in [0.05, 0.1) is 14.2 Å². The molecule has 4 nitrogen and oxygen atoms in total. The summed E-state index contributed by atoms with van der Waals surface area (Å²) >= 11 is 0. The van der Waals surface area contributed by atoms with Gasteiger partial charge in [0, 0.05) is 12.1 Å². The minimum Gasteiger partial charge on any atom is -0.508 e. The van der Waals surface area contributed by atoms with Gasteiger partial charge in [-0.15, -0.1) is 0 Å². The fraction of sp³-hybridized carbons (Fsp3) is 0.294. The second kappa shape index (κ2) is 6.88. The van der Waals surface area contributed by atoms with Crippen LogP contribution in [0, 0.1) is 0 Å². The molecule has 21 heavy (non-hydrogen) atoms. The second-order valence-electron chi connectivity index (χ2n) is 4.85. The van der Waals surface area contributed by atoms with Crippen molar-refractivity contribution < 1.29 is 19.7 Å². The van der Waals surface area contributed by atoms with Crippen LogP contribution in [0.4, 0.5) is 0 Å². The molecule has 0 saturated heterocycles. The lowest BCUT2D eigenvalue weighted by Gasteiger charge is -2.11. The molecule has 112 valence electrons. The van der Waals surface area contributed by atoms with Gasteiger partial charge in [0.25, 0.3) is 0 Å². The maximum Gasteiger partial charge on any atom is 0.125 e. The first kappa shape index (κ1) is 15.0. The highest BCUT2D eigenvalue weighted by Gasteiger charge is 2.07. The van der Waals surface area contributed by atoms with Gasteiger partial charge in [-0.3, -0.25) is 0 Å². The standard InChI is InChI=1S/C17H20O4/c1-20-16-10-14(18)8-6-12(16)4-3-5-13-7-9-15(19)11-17(13)21-2/h6-11,18-19H,3-5H2,1-2H3. The highest BCUT2D eigenvalue weighted by molar-refractivity contribution is 5.41. The first-order chi connectivity index (χ1) is 10.1. The van der Waals surface area contributed by atoms with E-state index < -0.39 is 0 Å². The summed E-state index contributed by atoms with van der Waals surface area (Å²) < 4.78 is 10.5.